The zero-order valence-corrected chi connectivity index (χ0v) is 13.2. The summed E-state index contributed by atoms with van der Waals surface area (Å²) in [4.78, 5) is 23.2. The Morgan fingerprint density at radius 3 is 2.43 bits per heavy atom. The maximum atomic E-state index is 11.7. The van der Waals surface area contributed by atoms with Gasteiger partial charge in [0.1, 0.15) is 5.75 Å². The van der Waals surface area contributed by atoms with Crippen molar-refractivity contribution in [3.63, 3.8) is 0 Å². The first-order valence-electron chi connectivity index (χ1n) is 7.38. The van der Waals surface area contributed by atoms with E-state index in [1.165, 1.54) is 6.92 Å². The molecule has 0 aliphatic heterocycles. The van der Waals surface area contributed by atoms with Crippen LogP contribution in [-0.4, -0.2) is 18.5 Å². The van der Waals surface area contributed by atoms with E-state index in [-0.39, 0.29) is 18.3 Å². The number of esters is 1. The molecule has 5 nitrogen and oxygen atoms in total. The zero-order valence-electron chi connectivity index (χ0n) is 13.2. The maximum absolute atomic E-state index is 11.7. The SMILES string of the molecule is CCOC(=O)Cc1cccc(Oc2ccccc2)c1NC(C)=O. The minimum atomic E-state index is -0.351. The van der Waals surface area contributed by atoms with Gasteiger partial charge in [-0.05, 0) is 30.7 Å². The summed E-state index contributed by atoms with van der Waals surface area (Å²) in [7, 11) is 0. The van der Waals surface area contributed by atoms with Crippen molar-refractivity contribution in [3.05, 3.63) is 54.1 Å². The van der Waals surface area contributed by atoms with Crippen LogP contribution in [0.3, 0.4) is 0 Å². The van der Waals surface area contributed by atoms with E-state index in [4.69, 9.17) is 9.47 Å². The van der Waals surface area contributed by atoms with Crippen molar-refractivity contribution in [1.29, 1.82) is 0 Å². The summed E-state index contributed by atoms with van der Waals surface area (Å²) in [5, 5.41) is 2.74. The Balaban J connectivity index is 2.33. The van der Waals surface area contributed by atoms with Gasteiger partial charge in [-0.2, -0.15) is 0 Å². The van der Waals surface area contributed by atoms with Crippen molar-refractivity contribution in [2.24, 2.45) is 0 Å². The normalized spacial score (nSPS) is 10.0. The molecule has 0 aromatic heterocycles. The number of anilines is 1. The Morgan fingerprint density at radius 1 is 1.04 bits per heavy atom. The van der Waals surface area contributed by atoms with Crippen LogP contribution < -0.4 is 10.1 Å². The number of nitrogens with one attached hydrogen (secondary N) is 1. The average Bonchev–Trinajstić information content (AvgIpc) is 2.51. The summed E-state index contributed by atoms with van der Waals surface area (Å²) < 4.78 is 10.8. The first kappa shape index (κ1) is 16.5. The molecule has 0 fully saturated rings. The highest BCUT2D eigenvalue weighted by Crippen LogP contribution is 2.33. The highest BCUT2D eigenvalue weighted by Gasteiger charge is 2.15. The van der Waals surface area contributed by atoms with Gasteiger partial charge in [0.2, 0.25) is 5.91 Å². The van der Waals surface area contributed by atoms with Crippen LogP contribution in [-0.2, 0) is 20.7 Å². The van der Waals surface area contributed by atoms with Crippen LogP contribution >= 0.6 is 0 Å². The third kappa shape index (κ3) is 4.85. The fourth-order valence-corrected chi connectivity index (χ4v) is 2.11. The number of hydrogen-bond donors (Lipinski definition) is 1. The van der Waals surface area contributed by atoms with Crippen LogP contribution in [0.15, 0.2) is 48.5 Å². The number of benzene rings is 2. The van der Waals surface area contributed by atoms with Crippen molar-refractivity contribution in [1.82, 2.24) is 0 Å². The summed E-state index contributed by atoms with van der Waals surface area (Å²) in [5.74, 6) is 0.538. The van der Waals surface area contributed by atoms with Crippen LogP contribution in [0.5, 0.6) is 11.5 Å². The Labute approximate surface area is 135 Å². The molecule has 0 unspecified atom stereocenters. The number of hydrogen-bond acceptors (Lipinski definition) is 4. The number of rotatable bonds is 6. The van der Waals surface area contributed by atoms with E-state index < -0.39 is 0 Å². The van der Waals surface area contributed by atoms with Gasteiger partial charge in [-0.3, -0.25) is 9.59 Å². The van der Waals surface area contributed by atoms with Gasteiger partial charge in [0, 0.05) is 6.92 Å². The van der Waals surface area contributed by atoms with Gasteiger partial charge in [0.15, 0.2) is 5.75 Å². The monoisotopic (exact) mass is 313 g/mol. The first-order chi connectivity index (χ1) is 11.1. The van der Waals surface area contributed by atoms with E-state index in [1.807, 2.05) is 30.3 Å². The minimum absolute atomic E-state index is 0.0649. The van der Waals surface area contributed by atoms with Gasteiger partial charge in [0.05, 0.1) is 18.7 Å². The summed E-state index contributed by atoms with van der Waals surface area (Å²) in [6.07, 6.45) is 0.0649. The van der Waals surface area contributed by atoms with Crippen LogP contribution in [0.1, 0.15) is 19.4 Å². The molecule has 0 heterocycles. The van der Waals surface area contributed by atoms with Crippen molar-refractivity contribution in [2.45, 2.75) is 20.3 Å². The number of amides is 1. The van der Waals surface area contributed by atoms with Crippen LogP contribution in [0.2, 0.25) is 0 Å². The second kappa shape index (κ2) is 7.98. The second-order valence-corrected chi connectivity index (χ2v) is 4.87. The molecule has 0 radical (unpaired) electrons. The lowest BCUT2D eigenvalue weighted by atomic mass is 10.1. The van der Waals surface area contributed by atoms with E-state index >= 15 is 0 Å². The molecule has 2 rings (SSSR count). The first-order valence-corrected chi connectivity index (χ1v) is 7.38. The number of para-hydroxylation sites is 2. The number of carbonyl (C=O) groups is 2. The zero-order chi connectivity index (χ0) is 16.7. The third-order valence-corrected chi connectivity index (χ3v) is 3.02. The average molecular weight is 313 g/mol. The Kier molecular flexibility index (Phi) is 5.74. The molecular weight excluding hydrogens is 294 g/mol. The molecule has 2 aromatic carbocycles. The quantitative estimate of drug-likeness (QED) is 0.828. The molecule has 0 bridgehead atoms. The molecule has 23 heavy (non-hydrogen) atoms. The molecule has 0 saturated heterocycles. The number of carbonyl (C=O) groups excluding carboxylic acids is 2. The van der Waals surface area contributed by atoms with Gasteiger partial charge in [0.25, 0.3) is 0 Å². The van der Waals surface area contributed by atoms with Crippen LogP contribution in [0, 0.1) is 0 Å². The van der Waals surface area contributed by atoms with E-state index in [2.05, 4.69) is 5.32 Å². The van der Waals surface area contributed by atoms with Crippen molar-refractivity contribution in [2.75, 3.05) is 11.9 Å². The molecule has 1 N–H and O–H groups in total. The third-order valence-electron chi connectivity index (χ3n) is 3.02. The Hall–Kier alpha value is -2.82. The van der Waals surface area contributed by atoms with E-state index in [0.717, 1.165) is 0 Å². The van der Waals surface area contributed by atoms with Gasteiger partial charge >= 0.3 is 5.97 Å². The molecule has 5 heteroatoms. The van der Waals surface area contributed by atoms with Crippen LogP contribution in [0.25, 0.3) is 0 Å². The van der Waals surface area contributed by atoms with Gasteiger partial charge in [-0.15, -0.1) is 0 Å². The second-order valence-electron chi connectivity index (χ2n) is 4.87. The molecule has 1 amide bonds. The molecule has 0 aliphatic rings. The molecule has 120 valence electrons. The standard InChI is InChI=1S/C18H19NO4/c1-3-22-17(21)12-14-8-7-11-16(18(14)19-13(2)20)23-15-9-5-4-6-10-15/h4-11H,3,12H2,1-2H3,(H,19,20). The van der Waals surface area contributed by atoms with Crippen LogP contribution in [0.4, 0.5) is 5.69 Å². The van der Waals surface area contributed by atoms with E-state index in [0.29, 0.717) is 29.4 Å². The lowest BCUT2D eigenvalue weighted by molar-refractivity contribution is -0.142. The summed E-state index contributed by atoms with van der Waals surface area (Å²) in [6.45, 7) is 3.48. The smallest absolute Gasteiger partial charge is 0.310 e. The fourth-order valence-electron chi connectivity index (χ4n) is 2.11. The largest absolute Gasteiger partial charge is 0.466 e. The van der Waals surface area contributed by atoms with Crippen molar-refractivity contribution >= 4 is 17.6 Å². The molecule has 0 atom stereocenters. The summed E-state index contributed by atoms with van der Waals surface area (Å²) >= 11 is 0. The molecule has 0 aliphatic carbocycles. The van der Waals surface area contributed by atoms with E-state index in [9.17, 15) is 9.59 Å². The predicted molar refractivity (Wildman–Crippen MR) is 87.6 cm³/mol. The van der Waals surface area contributed by atoms with Gasteiger partial charge in [-0.25, -0.2) is 0 Å². The number of ether oxygens (including phenoxy) is 2. The molecule has 0 spiro atoms. The maximum Gasteiger partial charge on any atom is 0.310 e. The highest BCUT2D eigenvalue weighted by molar-refractivity contribution is 5.92. The summed E-state index contributed by atoms with van der Waals surface area (Å²) in [6, 6.07) is 14.5. The molecule has 2 aromatic rings. The summed E-state index contributed by atoms with van der Waals surface area (Å²) in [5.41, 5.74) is 1.13. The predicted octanol–water partition coefficient (Wildman–Crippen LogP) is 3.54. The topological polar surface area (TPSA) is 64.6 Å². The molecular formula is C18H19NO4. The van der Waals surface area contributed by atoms with Crippen molar-refractivity contribution in [3.8, 4) is 11.5 Å². The van der Waals surface area contributed by atoms with Crippen molar-refractivity contribution < 1.29 is 19.1 Å². The van der Waals surface area contributed by atoms with Gasteiger partial charge in [-0.1, -0.05) is 30.3 Å². The fraction of sp³-hybridized carbons (Fsp3) is 0.222. The Bertz CT molecular complexity index is 683. The lowest BCUT2D eigenvalue weighted by Gasteiger charge is -2.15. The molecule has 0 saturated carbocycles. The Morgan fingerprint density at radius 2 is 1.78 bits per heavy atom. The van der Waals surface area contributed by atoms with E-state index in [1.54, 1.807) is 25.1 Å². The van der Waals surface area contributed by atoms with Gasteiger partial charge < -0.3 is 14.8 Å². The highest BCUT2D eigenvalue weighted by atomic mass is 16.5. The lowest BCUT2D eigenvalue weighted by Crippen LogP contribution is -2.13. The minimum Gasteiger partial charge on any atom is -0.466 e.